The van der Waals surface area contributed by atoms with Crippen molar-refractivity contribution in [1.82, 2.24) is 14.7 Å². The van der Waals surface area contributed by atoms with Gasteiger partial charge >= 0.3 is 0 Å². The summed E-state index contributed by atoms with van der Waals surface area (Å²) >= 11 is 6.08. The highest BCUT2D eigenvalue weighted by Crippen LogP contribution is 2.32. The van der Waals surface area contributed by atoms with Crippen molar-refractivity contribution >= 4 is 29.5 Å². The van der Waals surface area contributed by atoms with Crippen molar-refractivity contribution in [1.29, 1.82) is 5.26 Å². The van der Waals surface area contributed by atoms with E-state index in [-0.39, 0.29) is 11.6 Å². The first kappa shape index (κ1) is 23.2. The normalized spacial score (nSPS) is 16.2. The van der Waals surface area contributed by atoms with E-state index in [1.54, 1.807) is 36.7 Å². The van der Waals surface area contributed by atoms with Crippen molar-refractivity contribution in [3.8, 4) is 23.0 Å². The molecule has 0 N–H and O–H groups in total. The van der Waals surface area contributed by atoms with Gasteiger partial charge in [-0.15, -0.1) is 0 Å². The number of carbonyl (C=O) groups excluding carboxylic acids is 2. The predicted molar refractivity (Wildman–Crippen MR) is 132 cm³/mol. The van der Waals surface area contributed by atoms with E-state index in [2.05, 4.69) is 0 Å². The Morgan fingerprint density at radius 3 is 2.38 bits per heavy atom. The SMILES string of the molecule is CCC(C)N1C(=O)C(C#N)=C(C)/C(=C\c2cn(-c3ccccc3)nc2-c2ccc(Cl)cc2)C1=O. The van der Waals surface area contributed by atoms with Crippen molar-refractivity contribution in [3.63, 3.8) is 0 Å². The van der Waals surface area contributed by atoms with Gasteiger partial charge in [-0.2, -0.15) is 10.4 Å². The van der Waals surface area contributed by atoms with Crippen LogP contribution in [0, 0.1) is 11.3 Å². The Morgan fingerprint density at radius 2 is 1.76 bits per heavy atom. The van der Waals surface area contributed by atoms with E-state index in [0.717, 1.165) is 11.3 Å². The van der Waals surface area contributed by atoms with Gasteiger partial charge in [-0.1, -0.05) is 48.9 Å². The van der Waals surface area contributed by atoms with Crippen LogP contribution in [0.5, 0.6) is 0 Å². The third-order valence-electron chi connectivity index (χ3n) is 5.99. The number of rotatable bonds is 5. The number of para-hydroxylation sites is 1. The second-order valence-electron chi connectivity index (χ2n) is 8.13. The average molecular weight is 471 g/mol. The summed E-state index contributed by atoms with van der Waals surface area (Å²) in [6.07, 6.45) is 4.14. The summed E-state index contributed by atoms with van der Waals surface area (Å²) in [5.74, 6) is -0.959. The number of hydrogen-bond acceptors (Lipinski definition) is 4. The maximum absolute atomic E-state index is 13.4. The van der Waals surface area contributed by atoms with Crippen LogP contribution in [0.1, 0.15) is 32.8 Å². The molecule has 1 aromatic heterocycles. The zero-order valence-corrected chi connectivity index (χ0v) is 19.9. The molecule has 1 unspecified atom stereocenters. The molecule has 1 atom stereocenters. The van der Waals surface area contributed by atoms with Crippen LogP contribution in [-0.2, 0) is 9.59 Å². The van der Waals surface area contributed by atoms with E-state index in [0.29, 0.717) is 33.8 Å². The minimum atomic E-state index is -0.547. The molecular weight excluding hydrogens is 448 g/mol. The van der Waals surface area contributed by atoms with Gasteiger partial charge in [-0.3, -0.25) is 14.5 Å². The summed E-state index contributed by atoms with van der Waals surface area (Å²) in [6, 6.07) is 18.6. The molecule has 0 saturated carbocycles. The predicted octanol–water partition coefficient (Wildman–Crippen LogP) is 5.58. The molecule has 2 amide bonds. The molecular formula is C27H23ClN4O2. The van der Waals surface area contributed by atoms with Crippen LogP contribution in [0.2, 0.25) is 5.02 Å². The lowest BCUT2D eigenvalue weighted by atomic mass is 9.92. The molecule has 0 saturated heterocycles. The van der Waals surface area contributed by atoms with Crippen LogP contribution >= 0.6 is 11.6 Å². The number of hydrogen-bond donors (Lipinski definition) is 0. The monoisotopic (exact) mass is 470 g/mol. The number of amides is 2. The minimum absolute atomic E-state index is 0.0188. The average Bonchev–Trinajstić information content (AvgIpc) is 3.27. The maximum atomic E-state index is 13.4. The van der Waals surface area contributed by atoms with E-state index in [4.69, 9.17) is 16.7 Å². The van der Waals surface area contributed by atoms with Crippen LogP contribution in [0.25, 0.3) is 23.0 Å². The fraction of sp³-hybridized carbons (Fsp3) is 0.185. The Labute approximate surface area is 203 Å². The molecule has 170 valence electrons. The molecule has 0 aliphatic carbocycles. The molecule has 0 fully saturated rings. The number of benzene rings is 2. The first-order valence-corrected chi connectivity index (χ1v) is 11.4. The van der Waals surface area contributed by atoms with E-state index < -0.39 is 11.8 Å². The molecule has 1 aliphatic rings. The van der Waals surface area contributed by atoms with Crippen molar-refractivity contribution in [2.24, 2.45) is 0 Å². The lowest BCUT2D eigenvalue weighted by Gasteiger charge is -2.31. The Kier molecular flexibility index (Phi) is 6.49. The van der Waals surface area contributed by atoms with Crippen LogP contribution in [0.4, 0.5) is 0 Å². The van der Waals surface area contributed by atoms with Crippen LogP contribution < -0.4 is 0 Å². The largest absolute Gasteiger partial charge is 0.271 e. The Morgan fingerprint density at radius 1 is 1.09 bits per heavy atom. The molecule has 2 aromatic carbocycles. The highest BCUT2D eigenvalue weighted by Gasteiger charge is 2.37. The van der Waals surface area contributed by atoms with E-state index in [9.17, 15) is 14.9 Å². The number of imide groups is 1. The van der Waals surface area contributed by atoms with Gasteiger partial charge < -0.3 is 0 Å². The molecule has 34 heavy (non-hydrogen) atoms. The van der Waals surface area contributed by atoms with Crippen molar-refractivity contribution in [2.75, 3.05) is 0 Å². The maximum Gasteiger partial charge on any atom is 0.271 e. The lowest BCUT2D eigenvalue weighted by Crippen LogP contribution is -2.47. The number of nitrogens with zero attached hydrogens (tertiary/aromatic N) is 4. The van der Waals surface area contributed by atoms with Crippen LogP contribution in [-0.4, -0.2) is 32.5 Å². The summed E-state index contributed by atoms with van der Waals surface area (Å²) in [5, 5.41) is 15.0. The van der Waals surface area contributed by atoms with Gasteiger partial charge in [-0.25, -0.2) is 4.68 Å². The van der Waals surface area contributed by atoms with Gasteiger partial charge in [0, 0.05) is 34.0 Å². The molecule has 0 radical (unpaired) electrons. The lowest BCUT2D eigenvalue weighted by molar-refractivity contribution is -0.142. The van der Waals surface area contributed by atoms with Gasteiger partial charge in [-0.05, 0) is 56.2 Å². The first-order chi connectivity index (χ1) is 16.3. The number of nitriles is 1. The molecule has 3 aromatic rings. The molecule has 1 aliphatic heterocycles. The van der Waals surface area contributed by atoms with Crippen LogP contribution in [0.3, 0.4) is 0 Å². The highest BCUT2D eigenvalue weighted by molar-refractivity contribution is 6.30. The summed E-state index contributed by atoms with van der Waals surface area (Å²) in [5.41, 5.74) is 3.68. The van der Waals surface area contributed by atoms with Gasteiger partial charge in [0.2, 0.25) is 0 Å². The molecule has 0 spiro atoms. The third kappa shape index (κ3) is 4.18. The smallest absolute Gasteiger partial charge is 0.271 e. The van der Waals surface area contributed by atoms with Gasteiger partial charge in [0.25, 0.3) is 11.8 Å². The quantitative estimate of drug-likeness (QED) is 0.360. The molecule has 0 bridgehead atoms. The number of carbonyl (C=O) groups is 2. The molecule has 2 heterocycles. The molecule has 7 heteroatoms. The van der Waals surface area contributed by atoms with E-state index >= 15 is 0 Å². The fourth-order valence-corrected chi connectivity index (χ4v) is 4.00. The zero-order valence-electron chi connectivity index (χ0n) is 19.1. The third-order valence-corrected chi connectivity index (χ3v) is 6.24. The minimum Gasteiger partial charge on any atom is -0.271 e. The van der Waals surface area contributed by atoms with Crippen molar-refractivity contribution in [2.45, 2.75) is 33.2 Å². The molecule has 6 nitrogen and oxygen atoms in total. The Bertz CT molecular complexity index is 1360. The summed E-state index contributed by atoms with van der Waals surface area (Å²) in [4.78, 5) is 27.5. The Hall–Kier alpha value is -3.95. The zero-order chi connectivity index (χ0) is 24.4. The summed E-state index contributed by atoms with van der Waals surface area (Å²) in [7, 11) is 0. The van der Waals surface area contributed by atoms with Gasteiger partial charge in [0.15, 0.2) is 0 Å². The Balaban J connectivity index is 1.93. The van der Waals surface area contributed by atoms with Crippen LogP contribution in [0.15, 0.2) is 77.5 Å². The first-order valence-electron chi connectivity index (χ1n) is 11.0. The summed E-state index contributed by atoms with van der Waals surface area (Å²) < 4.78 is 1.74. The van der Waals surface area contributed by atoms with Crippen molar-refractivity contribution < 1.29 is 9.59 Å². The standard InChI is InChI=1S/C27H23ClN4O2/c1-4-17(2)32-26(33)23(18(3)24(15-29)27(32)34)14-20-16-31(22-8-6-5-7-9-22)30-25(20)19-10-12-21(28)13-11-19/h5-14,16-17H,4H2,1-3H3/b23-14+. The van der Waals surface area contributed by atoms with Gasteiger partial charge in [0.05, 0.1) is 11.4 Å². The summed E-state index contributed by atoms with van der Waals surface area (Å²) in [6.45, 7) is 5.34. The van der Waals surface area contributed by atoms with E-state index in [1.807, 2.05) is 61.7 Å². The second-order valence-corrected chi connectivity index (χ2v) is 8.56. The van der Waals surface area contributed by atoms with E-state index in [1.165, 1.54) is 4.90 Å². The van der Waals surface area contributed by atoms with Crippen molar-refractivity contribution in [3.05, 3.63) is 88.1 Å². The number of halogens is 1. The topological polar surface area (TPSA) is 79.0 Å². The fourth-order valence-electron chi connectivity index (χ4n) is 3.88. The highest BCUT2D eigenvalue weighted by atomic mass is 35.5. The second kappa shape index (κ2) is 9.50. The van der Waals surface area contributed by atoms with Gasteiger partial charge in [0.1, 0.15) is 11.6 Å². The molecule has 4 rings (SSSR count). The number of aromatic nitrogens is 2.